The Balaban J connectivity index is 2.07. The minimum atomic E-state index is -4.27. The molecule has 0 radical (unpaired) electrons. The van der Waals surface area contributed by atoms with Crippen LogP contribution in [0.25, 0.3) is 0 Å². The van der Waals surface area contributed by atoms with E-state index in [1.807, 2.05) is 13.8 Å². The first-order chi connectivity index (χ1) is 19.0. The highest BCUT2D eigenvalue weighted by molar-refractivity contribution is 7.92. The van der Waals surface area contributed by atoms with Gasteiger partial charge in [-0.15, -0.1) is 0 Å². The normalized spacial score (nSPS) is 11.9. The monoisotopic (exact) mass is 589 g/mol. The van der Waals surface area contributed by atoms with E-state index >= 15 is 0 Å². The molecule has 8 nitrogen and oxygen atoms in total. The summed E-state index contributed by atoms with van der Waals surface area (Å²) in [5.74, 6) is -1.36. The number of nitrogens with one attached hydrogen (secondary N) is 1. The predicted octanol–water partition coefficient (Wildman–Crippen LogP) is 4.93. The largest absolute Gasteiger partial charge is 0.495 e. The molecule has 1 atom stereocenters. The molecule has 0 aliphatic carbocycles. The van der Waals surface area contributed by atoms with Gasteiger partial charge in [0.05, 0.1) is 22.7 Å². The number of nitrogens with zero attached hydrogens (tertiary/aromatic N) is 2. The summed E-state index contributed by atoms with van der Waals surface area (Å²) < 4.78 is 48.5. The summed E-state index contributed by atoms with van der Waals surface area (Å²) >= 11 is 6.32. The predicted molar refractivity (Wildman–Crippen MR) is 153 cm³/mol. The highest BCUT2D eigenvalue weighted by atomic mass is 35.5. The van der Waals surface area contributed by atoms with Gasteiger partial charge >= 0.3 is 0 Å². The van der Waals surface area contributed by atoms with Crippen molar-refractivity contribution in [3.63, 3.8) is 0 Å². The van der Waals surface area contributed by atoms with Crippen molar-refractivity contribution in [3.8, 4) is 5.75 Å². The molecule has 3 rings (SSSR count). The first-order valence-electron chi connectivity index (χ1n) is 12.7. The summed E-state index contributed by atoms with van der Waals surface area (Å²) in [4.78, 5) is 27.9. The topological polar surface area (TPSA) is 96.0 Å². The number of halogens is 2. The van der Waals surface area contributed by atoms with Gasteiger partial charge in [0, 0.05) is 18.7 Å². The third-order valence-electron chi connectivity index (χ3n) is 6.33. The van der Waals surface area contributed by atoms with Gasteiger partial charge in [-0.3, -0.25) is 13.9 Å². The van der Waals surface area contributed by atoms with Crippen molar-refractivity contribution < 1.29 is 27.1 Å². The van der Waals surface area contributed by atoms with E-state index in [0.29, 0.717) is 18.7 Å². The lowest BCUT2D eigenvalue weighted by Crippen LogP contribution is -2.51. The lowest BCUT2D eigenvalue weighted by molar-refractivity contribution is -0.139. The van der Waals surface area contributed by atoms with E-state index in [1.54, 1.807) is 18.2 Å². The Morgan fingerprint density at radius 3 is 2.35 bits per heavy atom. The molecule has 3 aromatic carbocycles. The molecule has 0 aliphatic heterocycles. The second kappa shape index (κ2) is 13.6. The van der Waals surface area contributed by atoms with Gasteiger partial charge in [0.25, 0.3) is 10.0 Å². The van der Waals surface area contributed by atoms with E-state index < -0.39 is 40.2 Å². The Morgan fingerprint density at radius 2 is 1.75 bits per heavy atom. The lowest BCUT2D eigenvalue weighted by atomic mass is 10.1. The first kappa shape index (κ1) is 30.9. The number of anilines is 1. The minimum Gasteiger partial charge on any atom is -0.495 e. The number of carbonyl (C=O) groups excluding carboxylic acids is 2. The van der Waals surface area contributed by atoms with Crippen molar-refractivity contribution in [3.05, 3.63) is 88.7 Å². The van der Waals surface area contributed by atoms with Crippen molar-refractivity contribution in [2.24, 2.45) is 0 Å². The summed E-state index contributed by atoms with van der Waals surface area (Å²) in [5, 5.41) is 2.89. The number of methoxy groups -OCH3 is 1. The molecule has 1 N–H and O–H groups in total. The summed E-state index contributed by atoms with van der Waals surface area (Å²) in [6, 6.07) is 15.5. The van der Waals surface area contributed by atoms with Crippen LogP contribution in [0, 0.1) is 12.7 Å². The molecule has 0 bridgehead atoms. The molecule has 3 aromatic rings. The molecule has 0 fully saturated rings. The summed E-state index contributed by atoms with van der Waals surface area (Å²) in [6.45, 7) is 4.72. The van der Waals surface area contributed by atoms with Gasteiger partial charge in [0.2, 0.25) is 11.8 Å². The summed E-state index contributed by atoms with van der Waals surface area (Å²) in [6.07, 6.45) is 0.681. The molecule has 214 valence electrons. The van der Waals surface area contributed by atoms with Crippen LogP contribution in [0.5, 0.6) is 5.75 Å². The number of hydrogen-bond donors (Lipinski definition) is 1. The fourth-order valence-corrected chi connectivity index (χ4v) is 5.62. The number of rotatable bonds is 12. The van der Waals surface area contributed by atoms with Gasteiger partial charge in [-0.25, -0.2) is 12.8 Å². The average molecular weight is 590 g/mol. The molecule has 0 unspecified atom stereocenters. The van der Waals surface area contributed by atoms with E-state index in [-0.39, 0.29) is 27.7 Å². The van der Waals surface area contributed by atoms with Gasteiger partial charge < -0.3 is 15.0 Å². The minimum absolute atomic E-state index is 0.0350. The maximum absolute atomic E-state index is 14.6. The summed E-state index contributed by atoms with van der Waals surface area (Å²) in [5.41, 5.74) is 1.16. The van der Waals surface area contributed by atoms with Crippen molar-refractivity contribution in [1.82, 2.24) is 10.2 Å². The van der Waals surface area contributed by atoms with Crippen LogP contribution in [-0.2, 0) is 26.2 Å². The van der Waals surface area contributed by atoms with Crippen molar-refractivity contribution in [2.75, 3.05) is 24.5 Å². The Kier molecular flexibility index (Phi) is 10.5. The second-order valence-electron chi connectivity index (χ2n) is 9.22. The third kappa shape index (κ3) is 7.31. The maximum atomic E-state index is 14.6. The Bertz CT molecular complexity index is 1450. The second-order valence-corrected chi connectivity index (χ2v) is 11.5. The number of sulfonamides is 1. The molecular formula is C29H33ClFN3O5S. The molecule has 0 aromatic heterocycles. The Labute approximate surface area is 239 Å². The fourth-order valence-electron chi connectivity index (χ4n) is 3.97. The van der Waals surface area contributed by atoms with Crippen LogP contribution in [0.4, 0.5) is 10.1 Å². The van der Waals surface area contributed by atoms with E-state index in [4.69, 9.17) is 16.3 Å². The standard InChI is InChI=1S/C29H33ClFN3O5S/c1-5-16-32-29(36)21(3)33(18-22-8-6-7-9-26(22)31)28(35)19-34(23-12-15-27(39-4)25(30)17-23)40(37,38)24-13-10-20(2)11-14-24/h6-15,17,21H,5,16,18-19H2,1-4H3,(H,32,36)/t21-/m1/s1. The maximum Gasteiger partial charge on any atom is 0.264 e. The number of carbonyl (C=O) groups is 2. The number of amides is 2. The average Bonchev–Trinajstić information content (AvgIpc) is 2.93. The van der Waals surface area contributed by atoms with Crippen LogP contribution >= 0.6 is 11.6 Å². The van der Waals surface area contributed by atoms with E-state index in [0.717, 1.165) is 9.87 Å². The number of benzene rings is 3. The molecule has 0 spiro atoms. The number of hydrogen-bond acceptors (Lipinski definition) is 5. The van der Waals surface area contributed by atoms with E-state index in [2.05, 4.69) is 5.32 Å². The molecule has 11 heteroatoms. The van der Waals surface area contributed by atoms with Crippen LogP contribution in [0.3, 0.4) is 0 Å². The zero-order valence-electron chi connectivity index (χ0n) is 22.9. The number of aryl methyl sites for hydroxylation is 1. The first-order valence-corrected chi connectivity index (χ1v) is 14.5. The van der Waals surface area contributed by atoms with Crippen LogP contribution in [0.2, 0.25) is 5.02 Å². The highest BCUT2D eigenvalue weighted by Gasteiger charge is 2.33. The van der Waals surface area contributed by atoms with E-state index in [9.17, 15) is 22.4 Å². The molecule has 0 saturated carbocycles. The smallest absolute Gasteiger partial charge is 0.264 e. The Morgan fingerprint density at radius 1 is 1.07 bits per heavy atom. The molecular weight excluding hydrogens is 557 g/mol. The fraction of sp³-hybridized carbons (Fsp3) is 0.310. The van der Waals surface area contributed by atoms with Crippen molar-refractivity contribution in [1.29, 1.82) is 0 Å². The van der Waals surface area contributed by atoms with Crippen molar-refractivity contribution >= 4 is 39.1 Å². The van der Waals surface area contributed by atoms with Gasteiger partial charge in [-0.1, -0.05) is 54.4 Å². The van der Waals surface area contributed by atoms with Crippen LogP contribution in [0.15, 0.2) is 71.6 Å². The molecule has 2 amide bonds. The molecule has 0 aliphatic rings. The van der Waals surface area contributed by atoms with Gasteiger partial charge in [0.1, 0.15) is 24.2 Å². The van der Waals surface area contributed by atoms with Crippen LogP contribution in [0.1, 0.15) is 31.4 Å². The SMILES string of the molecule is CCCNC(=O)[C@@H](C)N(Cc1ccccc1F)C(=O)CN(c1ccc(OC)c(Cl)c1)S(=O)(=O)c1ccc(C)cc1. The quantitative estimate of drug-likeness (QED) is 0.323. The lowest BCUT2D eigenvalue weighted by Gasteiger charge is -2.32. The van der Waals surface area contributed by atoms with Gasteiger partial charge in [-0.2, -0.15) is 0 Å². The van der Waals surface area contributed by atoms with E-state index in [1.165, 1.54) is 67.5 Å². The highest BCUT2D eigenvalue weighted by Crippen LogP contribution is 2.32. The zero-order chi connectivity index (χ0) is 29.4. The summed E-state index contributed by atoms with van der Waals surface area (Å²) in [7, 11) is -2.84. The number of ether oxygens (including phenoxy) is 1. The zero-order valence-corrected chi connectivity index (χ0v) is 24.4. The third-order valence-corrected chi connectivity index (χ3v) is 8.41. The van der Waals surface area contributed by atoms with Crippen molar-refractivity contribution in [2.45, 2.75) is 44.7 Å². The Hall–Kier alpha value is -3.63. The van der Waals surface area contributed by atoms with Crippen LogP contribution < -0.4 is 14.4 Å². The molecule has 40 heavy (non-hydrogen) atoms. The molecule has 0 saturated heterocycles. The van der Waals surface area contributed by atoms with Crippen LogP contribution in [-0.4, -0.2) is 51.4 Å². The van der Waals surface area contributed by atoms with Gasteiger partial charge in [-0.05, 0) is 56.7 Å². The van der Waals surface area contributed by atoms with Gasteiger partial charge in [0.15, 0.2) is 0 Å². The molecule has 0 heterocycles.